The number of benzene rings is 1. The predicted molar refractivity (Wildman–Crippen MR) is 70.3 cm³/mol. The van der Waals surface area contributed by atoms with Gasteiger partial charge in [0.05, 0.1) is 0 Å². The van der Waals surface area contributed by atoms with E-state index in [4.69, 9.17) is 11.6 Å². The molecule has 1 aromatic carbocycles. The van der Waals surface area contributed by atoms with Crippen LogP contribution in [0.2, 0.25) is 5.02 Å². The van der Waals surface area contributed by atoms with Crippen LogP contribution < -0.4 is 0 Å². The summed E-state index contributed by atoms with van der Waals surface area (Å²) in [6, 6.07) is 6.05. The molecule has 1 rings (SSSR count). The van der Waals surface area contributed by atoms with Crippen LogP contribution in [0.4, 0.5) is 0 Å². The minimum atomic E-state index is 0.684. The van der Waals surface area contributed by atoms with E-state index in [9.17, 15) is 0 Å². The zero-order valence-electron chi connectivity index (χ0n) is 9.43. The van der Waals surface area contributed by atoms with Crippen molar-refractivity contribution in [3.8, 4) is 0 Å². The topological polar surface area (TPSA) is 3.24 Å². The standard InChI is InChI=1S/C12H17BrClN/c1-9(2)7-15(3)8-10-4-5-11(13)6-12(10)14/h4-6,9H,7-8H2,1-3H3. The Morgan fingerprint density at radius 3 is 2.60 bits per heavy atom. The maximum atomic E-state index is 6.15. The van der Waals surface area contributed by atoms with Gasteiger partial charge in [-0.1, -0.05) is 47.4 Å². The van der Waals surface area contributed by atoms with Crippen molar-refractivity contribution in [1.29, 1.82) is 0 Å². The molecule has 0 radical (unpaired) electrons. The Morgan fingerprint density at radius 1 is 1.40 bits per heavy atom. The molecule has 0 fully saturated rings. The van der Waals surface area contributed by atoms with E-state index in [1.165, 1.54) is 5.56 Å². The molecule has 0 atom stereocenters. The first-order chi connectivity index (χ1) is 6.99. The number of halogens is 2. The smallest absolute Gasteiger partial charge is 0.0462 e. The van der Waals surface area contributed by atoms with Crippen LogP contribution in [0.3, 0.4) is 0 Å². The molecule has 0 aliphatic carbocycles. The molecule has 3 heteroatoms. The lowest BCUT2D eigenvalue weighted by molar-refractivity contribution is 0.288. The second kappa shape index (κ2) is 5.88. The third kappa shape index (κ3) is 4.54. The highest BCUT2D eigenvalue weighted by Crippen LogP contribution is 2.22. The number of hydrogen-bond donors (Lipinski definition) is 0. The minimum absolute atomic E-state index is 0.684. The van der Waals surface area contributed by atoms with Crippen LogP contribution in [0.1, 0.15) is 19.4 Å². The second-order valence-electron chi connectivity index (χ2n) is 4.33. The van der Waals surface area contributed by atoms with Crippen molar-refractivity contribution in [2.75, 3.05) is 13.6 Å². The summed E-state index contributed by atoms with van der Waals surface area (Å²) in [5.41, 5.74) is 1.18. The molecule has 84 valence electrons. The molecule has 0 saturated heterocycles. The van der Waals surface area contributed by atoms with Gasteiger partial charge in [0.2, 0.25) is 0 Å². The van der Waals surface area contributed by atoms with Crippen LogP contribution in [0.15, 0.2) is 22.7 Å². The Balaban J connectivity index is 2.64. The summed E-state index contributed by atoms with van der Waals surface area (Å²) >= 11 is 9.56. The fourth-order valence-corrected chi connectivity index (χ4v) is 2.36. The first-order valence-corrected chi connectivity index (χ1v) is 6.28. The lowest BCUT2D eigenvalue weighted by Crippen LogP contribution is -2.22. The SMILES string of the molecule is CC(C)CN(C)Cc1ccc(Br)cc1Cl. The Kier molecular flexibility index (Phi) is 5.10. The van der Waals surface area contributed by atoms with Crippen molar-refractivity contribution in [2.45, 2.75) is 20.4 Å². The number of hydrogen-bond acceptors (Lipinski definition) is 1. The molecule has 0 aromatic heterocycles. The summed E-state index contributed by atoms with van der Waals surface area (Å²) in [5.74, 6) is 0.684. The summed E-state index contributed by atoms with van der Waals surface area (Å²) in [4.78, 5) is 2.29. The summed E-state index contributed by atoms with van der Waals surface area (Å²) in [6.07, 6.45) is 0. The molecule has 0 spiro atoms. The first kappa shape index (κ1) is 13.0. The van der Waals surface area contributed by atoms with Gasteiger partial charge in [0.1, 0.15) is 0 Å². The van der Waals surface area contributed by atoms with Crippen molar-refractivity contribution < 1.29 is 0 Å². The van der Waals surface area contributed by atoms with Gasteiger partial charge in [-0.25, -0.2) is 0 Å². The van der Waals surface area contributed by atoms with Crippen LogP contribution >= 0.6 is 27.5 Å². The first-order valence-electron chi connectivity index (χ1n) is 5.11. The molecular formula is C12H17BrClN. The molecule has 0 bridgehead atoms. The quantitative estimate of drug-likeness (QED) is 0.803. The van der Waals surface area contributed by atoms with Crippen LogP contribution in [0.25, 0.3) is 0 Å². The molecule has 15 heavy (non-hydrogen) atoms. The largest absolute Gasteiger partial charge is 0.302 e. The van der Waals surface area contributed by atoms with E-state index in [1.54, 1.807) is 0 Å². The van der Waals surface area contributed by atoms with Crippen LogP contribution in [-0.4, -0.2) is 18.5 Å². The summed E-state index contributed by atoms with van der Waals surface area (Å²) in [6.45, 7) is 6.44. The van der Waals surface area contributed by atoms with Crippen molar-refractivity contribution in [3.63, 3.8) is 0 Å². The highest BCUT2D eigenvalue weighted by Gasteiger charge is 2.06. The Morgan fingerprint density at radius 2 is 2.07 bits per heavy atom. The van der Waals surface area contributed by atoms with E-state index < -0.39 is 0 Å². The fourth-order valence-electron chi connectivity index (χ4n) is 1.63. The predicted octanol–water partition coefficient (Wildman–Crippen LogP) is 4.19. The molecule has 0 amide bonds. The number of nitrogens with zero attached hydrogens (tertiary/aromatic N) is 1. The average Bonchev–Trinajstić information content (AvgIpc) is 2.08. The Bertz CT molecular complexity index is 325. The van der Waals surface area contributed by atoms with E-state index in [0.717, 1.165) is 22.6 Å². The van der Waals surface area contributed by atoms with Gasteiger partial charge in [-0.15, -0.1) is 0 Å². The van der Waals surface area contributed by atoms with Crippen molar-refractivity contribution in [1.82, 2.24) is 4.90 Å². The lowest BCUT2D eigenvalue weighted by Gasteiger charge is -2.19. The van der Waals surface area contributed by atoms with Gasteiger partial charge >= 0.3 is 0 Å². The second-order valence-corrected chi connectivity index (χ2v) is 5.65. The molecule has 0 aliphatic rings. The molecular weight excluding hydrogens is 273 g/mol. The van der Waals surface area contributed by atoms with Gasteiger partial charge < -0.3 is 4.90 Å². The highest BCUT2D eigenvalue weighted by atomic mass is 79.9. The molecule has 0 aliphatic heterocycles. The van der Waals surface area contributed by atoms with Crippen molar-refractivity contribution in [2.24, 2.45) is 5.92 Å². The zero-order chi connectivity index (χ0) is 11.4. The van der Waals surface area contributed by atoms with Gasteiger partial charge in [-0.2, -0.15) is 0 Å². The molecule has 0 heterocycles. The van der Waals surface area contributed by atoms with Gasteiger partial charge in [0.25, 0.3) is 0 Å². The Labute approximate surface area is 106 Å². The maximum absolute atomic E-state index is 6.15. The van der Waals surface area contributed by atoms with Gasteiger partial charge in [0, 0.05) is 22.6 Å². The van der Waals surface area contributed by atoms with Gasteiger partial charge in [-0.3, -0.25) is 0 Å². The van der Waals surface area contributed by atoms with Crippen LogP contribution in [-0.2, 0) is 6.54 Å². The zero-order valence-corrected chi connectivity index (χ0v) is 11.8. The monoisotopic (exact) mass is 289 g/mol. The summed E-state index contributed by atoms with van der Waals surface area (Å²) < 4.78 is 1.03. The molecule has 1 aromatic rings. The lowest BCUT2D eigenvalue weighted by atomic mass is 10.2. The van der Waals surface area contributed by atoms with Gasteiger partial charge in [-0.05, 0) is 30.7 Å². The van der Waals surface area contributed by atoms with Crippen molar-refractivity contribution in [3.05, 3.63) is 33.3 Å². The maximum Gasteiger partial charge on any atom is 0.0462 e. The molecule has 0 N–H and O–H groups in total. The summed E-state index contributed by atoms with van der Waals surface area (Å²) in [5, 5.41) is 0.833. The third-order valence-corrected chi connectivity index (χ3v) is 2.98. The van der Waals surface area contributed by atoms with E-state index in [-0.39, 0.29) is 0 Å². The highest BCUT2D eigenvalue weighted by molar-refractivity contribution is 9.10. The summed E-state index contributed by atoms with van der Waals surface area (Å²) in [7, 11) is 2.12. The van der Waals surface area contributed by atoms with Crippen molar-refractivity contribution >= 4 is 27.5 Å². The normalized spacial score (nSPS) is 11.4. The molecule has 0 unspecified atom stereocenters. The molecule has 0 saturated carbocycles. The fraction of sp³-hybridized carbons (Fsp3) is 0.500. The van der Waals surface area contributed by atoms with E-state index in [2.05, 4.69) is 47.8 Å². The van der Waals surface area contributed by atoms with Crippen LogP contribution in [0.5, 0.6) is 0 Å². The van der Waals surface area contributed by atoms with E-state index in [0.29, 0.717) is 5.92 Å². The van der Waals surface area contributed by atoms with Crippen LogP contribution in [0, 0.1) is 5.92 Å². The van der Waals surface area contributed by atoms with Gasteiger partial charge in [0.15, 0.2) is 0 Å². The third-order valence-electron chi connectivity index (χ3n) is 2.13. The average molecular weight is 291 g/mol. The molecule has 1 nitrogen and oxygen atoms in total. The number of rotatable bonds is 4. The Hall–Kier alpha value is -0.0500. The van der Waals surface area contributed by atoms with E-state index in [1.807, 2.05) is 12.1 Å². The van der Waals surface area contributed by atoms with E-state index >= 15 is 0 Å². The minimum Gasteiger partial charge on any atom is -0.302 e.